The topological polar surface area (TPSA) is 17.1 Å². The molecule has 0 N–H and O–H groups in total. The minimum atomic E-state index is 0.464. The Bertz CT molecular complexity index is 130. The van der Waals surface area contributed by atoms with E-state index in [9.17, 15) is 4.79 Å². The lowest BCUT2D eigenvalue weighted by Gasteiger charge is -1.97. The summed E-state index contributed by atoms with van der Waals surface area (Å²) >= 11 is 1.78. The lowest BCUT2D eigenvalue weighted by molar-refractivity contribution is -0.116. The molecule has 0 atom stereocenters. The average Bonchev–Trinajstić information content (AvgIpc) is 2.72. The number of thioether (sulfide) groups is 1. The standard InChI is InChI=1S/C9H16OS/c1-2-5-11-7-9(10)6-8-3-4-8/h8H,2-7H2,1H3. The summed E-state index contributed by atoms with van der Waals surface area (Å²) in [6, 6.07) is 0. The minimum Gasteiger partial charge on any atom is -0.299 e. The second-order valence-corrected chi connectivity index (χ2v) is 4.34. The van der Waals surface area contributed by atoms with Crippen LogP contribution in [0.3, 0.4) is 0 Å². The van der Waals surface area contributed by atoms with Crippen molar-refractivity contribution < 1.29 is 4.79 Å². The molecule has 0 aromatic rings. The highest BCUT2D eigenvalue weighted by Gasteiger charge is 2.23. The molecular formula is C9H16OS. The van der Waals surface area contributed by atoms with Crippen molar-refractivity contribution in [1.29, 1.82) is 0 Å². The third kappa shape index (κ3) is 4.46. The van der Waals surface area contributed by atoms with Gasteiger partial charge < -0.3 is 0 Å². The normalized spacial score (nSPS) is 16.8. The Morgan fingerprint density at radius 1 is 1.55 bits per heavy atom. The molecule has 0 aromatic heterocycles. The molecular weight excluding hydrogens is 156 g/mol. The van der Waals surface area contributed by atoms with Crippen molar-refractivity contribution in [2.75, 3.05) is 11.5 Å². The van der Waals surface area contributed by atoms with Crippen molar-refractivity contribution in [3.05, 3.63) is 0 Å². The molecule has 1 rings (SSSR count). The summed E-state index contributed by atoms with van der Waals surface area (Å²) in [5.74, 6) is 3.12. The maximum atomic E-state index is 11.1. The summed E-state index contributed by atoms with van der Waals surface area (Å²) in [6.07, 6.45) is 4.63. The Morgan fingerprint density at radius 3 is 2.82 bits per heavy atom. The van der Waals surface area contributed by atoms with Crippen LogP contribution < -0.4 is 0 Å². The van der Waals surface area contributed by atoms with Gasteiger partial charge in [-0.05, 0) is 30.9 Å². The third-order valence-electron chi connectivity index (χ3n) is 1.82. The van der Waals surface area contributed by atoms with Crippen LogP contribution in [0.1, 0.15) is 32.6 Å². The highest BCUT2D eigenvalue weighted by molar-refractivity contribution is 7.99. The fourth-order valence-electron chi connectivity index (χ4n) is 1.03. The zero-order chi connectivity index (χ0) is 8.10. The fraction of sp³-hybridized carbons (Fsp3) is 0.889. The second-order valence-electron chi connectivity index (χ2n) is 3.24. The Balaban J connectivity index is 1.92. The highest BCUT2D eigenvalue weighted by Crippen LogP contribution is 2.32. The molecule has 0 aliphatic heterocycles. The molecule has 1 aliphatic carbocycles. The summed E-state index contributed by atoms with van der Waals surface area (Å²) in [5.41, 5.74) is 0. The van der Waals surface area contributed by atoms with Crippen molar-refractivity contribution in [3.8, 4) is 0 Å². The number of hydrogen-bond donors (Lipinski definition) is 0. The molecule has 0 spiro atoms. The van der Waals surface area contributed by atoms with E-state index in [-0.39, 0.29) is 0 Å². The minimum absolute atomic E-state index is 0.464. The van der Waals surface area contributed by atoms with Gasteiger partial charge in [0.15, 0.2) is 0 Å². The Labute approximate surface area is 72.9 Å². The van der Waals surface area contributed by atoms with Crippen molar-refractivity contribution >= 4 is 17.5 Å². The Kier molecular flexibility index (Phi) is 3.98. The molecule has 11 heavy (non-hydrogen) atoms. The van der Waals surface area contributed by atoms with Gasteiger partial charge in [0.1, 0.15) is 5.78 Å². The third-order valence-corrected chi connectivity index (χ3v) is 3.05. The molecule has 1 fully saturated rings. The van der Waals surface area contributed by atoms with E-state index in [4.69, 9.17) is 0 Å². The quantitative estimate of drug-likeness (QED) is 0.573. The predicted molar refractivity (Wildman–Crippen MR) is 50.0 cm³/mol. The summed E-state index contributed by atoms with van der Waals surface area (Å²) in [7, 11) is 0. The van der Waals surface area contributed by atoms with E-state index >= 15 is 0 Å². The first kappa shape index (κ1) is 9.11. The van der Waals surface area contributed by atoms with Crippen LogP contribution in [0.4, 0.5) is 0 Å². The molecule has 0 unspecified atom stereocenters. The van der Waals surface area contributed by atoms with E-state index in [1.807, 2.05) is 0 Å². The summed E-state index contributed by atoms with van der Waals surface area (Å²) in [5, 5.41) is 0. The lowest BCUT2D eigenvalue weighted by Crippen LogP contribution is -2.02. The lowest BCUT2D eigenvalue weighted by atomic mass is 10.2. The zero-order valence-electron chi connectivity index (χ0n) is 7.14. The number of carbonyl (C=O) groups excluding carboxylic acids is 1. The smallest absolute Gasteiger partial charge is 0.143 e. The van der Waals surface area contributed by atoms with Crippen LogP contribution >= 0.6 is 11.8 Å². The van der Waals surface area contributed by atoms with Gasteiger partial charge in [-0.3, -0.25) is 4.79 Å². The van der Waals surface area contributed by atoms with Crippen molar-refractivity contribution in [3.63, 3.8) is 0 Å². The summed E-state index contributed by atoms with van der Waals surface area (Å²) in [4.78, 5) is 11.1. The van der Waals surface area contributed by atoms with E-state index < -0.39 is 0 Å². The van der Waals surface area contributed by atoms with Gasteiger partial charge in [-0.1, -0.05) is 6.92 Å². The molecule has 0 bridgehead atoms. The van der Waals surface area contributed by atoms with Crippen LogP contribution in [0.5, 0.6) is 0 Å². The first-order valence-electron chi connectivity index (χ1n) is 4.42. The predicted octanol–water partition coefficient (Wildman–Crippen LogP) is 2.50. The van der Waals surface area contributed by atoms with Crippen LogP contribution in [0.15, 0.2) is 0 Å². The largest absolute Gasteiger partial charge is 0.299 e. The van der Waals surface area contributed by atoms with Crippen LogP contribution in [0.2, 0.25) is 0 Å². The van der Waals surface area contributed by atoms with E-state index in [0.717, 1.165) is 23.8 Å². The second kappa shape index (κ2) is 4.81. The van der Waals surface area contributed by atoms with Crippen LogP contribution in [-0.4, -0.2) is 17.3 Å². The number of carbonyl (C=O) groups is 1. The van der Waals surface area contributed by atoms with Gasteiger partial charge in [0.05, 0.1) is 5.75 Å². The van der Waals surface area contributed by atoms with Crippen LogP contribution in [0.25, 0.3) is 0 Å². The zero-order valence-corrected chi connectivity index (χ0v) is 7.95. The maximum absolute atomic E-state index is 11.1. The molecule has 0 amide bonds. The molecule has 1 saturated carbocycles. The average molecular weight is 172 g/mol. The van der Waals surface area contributed by atoms with Gasteiger partial charge in [-0.2, -0.15) is 11.8 Å². The van der Waals surface area contributed by atoms with Crippen molar-refractivity contribution in [2.24, 2.45) is 5.92 Å². The molecule has 2 heteroatoms. The molecule has 0 aromatic carbocycles. The van der Waals surface area contributed by atoms with Gasteiger partial charge in [0.2, 0.25) is 0 Å². The number of hydrogen-bond acceptors (Lipinski definition) is 2. The maximum Gasteiger partial charge on any atom is 0.143 e. The number of rotatable bonds is 6. The first-order chi connectivity index (χ1) is 5.33. The van der Waals surface area contributed by atoms with E-state index in [1.165, 1.54) is 19.3 Å². The molecule has 1 aliphatic rings. The van der Waals surface area contributed by atoms with Gasteiger partial charge in [0, 0.05) is 6.42 Å². The van der Waals surface area contributed by atoms with Gasteiger partial charge in [0.25, 0.3) is 0 Å². The van der Waals surface area contributed by atoms with Crippen LogP contribution in [0, 0.1) is 5.92 Å². The number of Topliss-reactive ketones (excluding diaryl/α,β-unsaturated/α-hetero) is 1. The van der Waals surface area contributed by atoms with E-state index in [0.29, 0.717) is 5.78 Å². The Hall–Kier alpha value is 0.0200. The van der Waals surface area contributed by atoms with Gasteiger partial charge >= 0.3 is 0 Å². The van der Waals surface area contributed by atoms with E-state index in [2.05, 4.69) is 6.92 Å². The molecule has 64 valence electrons. The molecule has 0 saturated heterocycles. The van der Waals surface area contributed by atoms with Crippen molar-refractivity contribution in [2.45, 2.75) is 32.6 Å². The SMILES string of the molecule is CCCSCC(=O)CC1CC1. The van der Waals surface area contributed by atoms with Crippen LogP contribution in [-0.2, 0) is 4.79 Å². The van der Waals surface area contributed by atoms with Gasteiger partial charge in [-0.15, -0.1) is 0 Å². The first-order valence-corrected chi connectivity index (χ1v) is 5.58. The molecule has 1 nitrogen and oxygen atoms in total. The van der Waals surface area contributed by atoms with Gasteiger partial charge in [-0.25, -0.2) is 0 Å². The molecule has 0 radical (unpaired) electrons. The summed E-state index contributed by atoms with van der Waals surface area (Å²) < 4.78 is 0. The highest BCUT2D eigenvalue weighted by atomic mass is 32.2. The van der Waals surface area contributed by atoms with Crippen molar-refractivity contribution in [1.82, 2.24) is 0 Å². The monoisotopic (exact) mass is 172 g/mol. The molecule has 0 heterocycles. The fourth-order valence-corrected chi connectivity index (χ4v) is 1.81. The van der Waals surface area contributed by atoms with E-state index in [1.54, 1.807) is 11.8 Å². The number of ketones is 1. The summed E-state index contributed by atoms with van der Waals surface area (Å²) in [6.45, 7) is 2.15. The Morgan fingerprint density at radius 2 is 2.27 bits per heavy atom.